The van der Waals surface area contributed by atoms with E-state index in [-0.39, 0.29) is 0 Å². The Morgan fingerprint density at radius 2 is 1.23 bits per heavy atom. The smallest absolute Gasteiger partial charge is 0.187 e. The van der Waals surface area contributed by atoms with Gasteiger partial charge in [-0.2, -0.15) is 0 Å². The van der Waals surface area contributed by atoms with E-state index in [1.54, 1.807) is 7.11 Å². The van der Waals surface area contributed by atoms with Gasteiger partial charge in [0.05, 0.1) is 13.7 Å². The molecule has 4 nitrogen and oxygen atoms in total. The van der Waals surface area contributed by atoms with Gasteiger partial charge in [0.1, 0.15) is 5.75 Å². The molecule has 162 valence electrons. The Morgan fingerprint density at radius 1 is 0.733 bits per heavy atom. The molecule has 0 unspecified atom stereocenters. The molecule has 0 atom stereocenters. The average molecular weight is 408 g/mol. The lowest BCUT2D eigenvalue weighted by Gasteiger charge is -2.24. The first kappa shape index (κ1) is 23.9. The molecule has 0 aliphatic rings. The second-order valence-electron chi connectivity index (χ2n) is 7.89. The van der Waals surface area contributed by atoms with Gasteiger partial charge in [0.15, 0.2) is 5.69 Å². The molecule has 0 aliphatic carbocycles. The molecule has 0 aromatic heterocycles. The predicted octanol–water partition coefficient (Wildman–Crippen LogP) is 6.15. The van der Waals surface area contributed by atoms with Crippen LogP contribution in [-0.2, 0) is 13.1 Å². The number of nitrogens with zero attached hydrogens (tertiary/aromatic N) is 3. The van der Waals surface area contributed by atoms with E-state index in [1.165, 1.54) is 56.4 Å². The molecule has 0 aliphatic heterocycles. The highest BCUT2D eigenvalue weighted by Crippen LogP contribution is 2.18. The second-order valence-corrected chi connectivity index (χ2v) is 7.89. The van der Waals surface area contributed by atoms with Crippen molar-refractivity contribution < 1.29 is 4.74 Å². The number of ether oxygens (including phenoxy) is 1. The summed E-state index contributed by atoms with van der Waals surface area (Å²) in [5.74, 6) is 0.895. The SMILES string of the molecule is [C-]#[N+]c1ccc(CN(CCCCN(CCC)CCC)Cc2ccc(OC)cc2)cc1. The van der Waals surface area contributed by atoms with Crippen LogP contribution < -0.4 is 4.74 Å². The van der Waals surface area contributed by atoms with Crippen molar-refractivity contribution in [3.05, 3.63) is 71.1 Å². The maximum absolute atomic E-state index is 7.14. The number of benzene rings is 2. The molecule has 0 fully saturated rings. The normalized spacial score (nSPS) is 11.1. The van der Waals surface area contributed by atoms with Crippen molar-refractivity contribution in [2.75, 3.05) is 33.3 Å². The molecule has 4 heteroatoms. The third-order valence-corrected chi connectivity index (χ3v) is 5.32. The summed E-state index contributed by atoms with van der Waals surface area (Å²) >= 11 is 0. The van der Waals surface area contributed by atoms with Gasteiger partial charge in [-0.15, -0.1) is 0 Å². The molecule has 0 bridgehead atoms. The Bertz CT molecular complexity index is 743. The van der Waals surface area contributed by atoms with Crippen LogP contribution in [0.1, 0.15) is 50.7 Å². The molecule has 0 amide bonds. The molecule has 30 heavy (non-hydrogen) atoms. The minimum absolute atomic E-state index is 0.701. The van der Waals surface area contributed by atoms with Gasteiger partial charge in [0.25, 0.3) is 0 Å². The van der Waals surface area contributed by atoms with Crippen molar-refractivity contribution in [3.8, 4) is 5.75 Å². The van der Waals surface area contributed by atoms with E-state index in [0.29, 0.717) is 5.69 Å². The fraction of sp³-hybridized carbons (Fsp3) is 0.500. The van der Waals surface area contributed by atoms with Crippen LogP contribution in [0.25, 0.3) is 4.85 Å². The molecule has 0 spiro atoms. The van der Waals surface area contributed by atoms with Gasteiger partial charge in [0.2, 0.25) is 0 Å². The van der Waals surface area contributed by atoms with E-state index in [1.807, 2.05) is 24.3 Å². The van der Waals surface area contributed by atoms with Gasteiger partial charge in [0, 0.05) is 13.1 Å². The van der Waals surface area contributed by atoms with Crippen LogP contribution >= 0.6 is 0 Å². The van der Waals surface area contributed by atoms with Crippen LogP contribution in [0, 0.1) is 6.57 Å². The highest BCUT2D eigenvalue weighted by molar-refractivity contribution is 5.45. The van der Waals surface area contributed by atoms with Crippen molar-refractivity contribution in [1.29, 1.82) is 0 Å². The quantitative estimate of drug-likeness (QED) is 0.277. The maximum atomic E-state index is 7.14. The van der Waals surface area contributed by atoms with Gasteiger partial charge in [-0.05, 0) is 75.1 Å². The lowest BCUT2D eigenvalue weighted by molar-refractivity contribution is 0.231. The topological polar surface area (TPSA) is 20.1 Å². The number of hydrogen-bond donors (Lipinski definition) is 0. The Hall–Kier alpha value is -2.35. The van der Waals surface area contributed by atoms with Crippen LogP contribution in [0.2, 0.25) is 0 Å². The summed E-state index contributed by atoms with van der Waals surface area (Å²) in [5, 5.41) is 0. The summed E-state index contributed by atoms with van der Waals surface area (Å²) in [5.41, 5.74) is 3.26. The summed E-state index contributed by atoms with van der Waals surface area (Å²) < 4.78 is 5.29. The zero-order chi connectivity index (χ0) is 21.6. The van der Waals surface area contributed by atoms with Crippen molar-refractivity contribution in [1.82, 2.24) is 9.80 Å². The minimum atomic E-state index is 0.701. The largest absolute Gasteiger partial charge is 0.497 e. The molecule has 0 heterocycles. The zero-order valence-corrected chi connectivity index (χ0v) is 18.9. The number of hydrogen-bond acceptors (Lipinski definition) is 3. The van der Waals surface area contributed by atoms with Crippen LogP contribution in [0.5, 0.6) is 5.75 Å². The third-order valence-electron chi connectivity index (χ3n) is 5.32. The van der Waals surface area contributed by atoms with Gasteiger partial charge >= 0.3 is 0 Å². The maximum Gasteiger partial charge on any atom is 0.187 e. The van der Waals surface area contributed by atoms with Gasteiger partial charge in [-0.3, -0.25) is 4.90 Å². The van der Waals surface area contributed by atoms with E-state index in [2.05, 4.69) is 52.8 Å². The van der Waals surface area contributed by atoms with Gasteiger partial charge in [-0.1, -0.05) is 50.2 Å². The van der Waals surface area contributed by atoms with Crippen molar-refractivity contribution in [3.63, 3.8) is 0 Å². The zero-order valence-electron chi connectivity index (χ0n) is 18.9. The highest BCUT2D eigenvalue weighted by atomic mass is 16.5. The lowest BCUT2D eigenvalue weighted by atomic mass is 10.1. The number of methoxy groups -OCH3 is 1. The summed E-state index contributed by atoms with van der Waals surface area (Å²) in [4.78, 5) is 8.61. The monoisotopic (exact) mass is 407 g/mol. The first-order valence-corrected chi connectivity index (χ1v) is 11.2. The summed E-state index contributed by atoms with van der Waals surface area (Å²) in [6, 6.07) is 16.4. The summed E-state index contributed by atoms with van der Waals surface area (Å²) in [7, 11) is 1.70. The summed E-state index contributed by atoms with van der Waals surface area (Å²) in [6.45, 7) is 18.2. The molecule has 0 saturated carbocycles. The molecule has 0 radical (unpaired) electrons. The minimum Gasteiger partial charge on any atom is -0.497 e. The molecule has 2 rings (SSSR count). The standard InChI is InChI=1S/C26H37N3O/c1-5-17-28(18-6-2)19-7-8-20-29(21-23-9-13-25(27-3)14-10-23)22-24-11-15-26(30-4)16-12-24/h9-16H,5-8,17-22H2,1-2,4H3. The first-order valence-electron chi connectivity index (χ1n) is 11.2. The number of rotatable bonds is 14. The molecule has 0 N–H and O–H groups in total. The Morgan fingerprint density at radius 3 is 1.70 bits per heavy atom. The van der Waals surface area contributed by atoms with E-state index in [9.17, 15) is 0 Å². The second kappa shape index (κ2) is 13.8. The highest BCUT2D eigenvalue weighted by Gasteiger charge is 2.09. The fourth-order valence-corrected chi connectivity index (χ4v) is 3.78. The first-order chi connectivity index (χ1) is 14.7. The van der Waals surface area contributed by atoms with E-state index >= 15 is 0 Å². The van der Waals surface area contributed by atoms with E-state index in [4.69, 9.17) is 11.3 Å². The van der Waals surface area contributed by atoms with Crippen LogP contribution in [0.3, 0.4) is 0 Å². The molecular formula is C26H37N3O. The Labute approximate surface area is 183 Å². The molecule has 2 aromatic carbocycles. The molecule has 2 aromatic rings. The van der Waals surface area contributed by atoms with Crippen molar-refractivity contribution in [2.45, 2.75) is 52.6 Å². The third kappa shape index (κ3) is 8.57. The van der Waals surface area contributed by atoms with Crippen molar-refractivity contribution >= 4 is 5.69 Å². The molecule has 0 saturated heterocycles. The molecular weight excluding hydrogens is 370 g/mol. The van der Waals surface area contributed by atoms with Crippen LogP contribution in [-0.4, -0.2) is 43.1 Å². The van der Waals surface area contributed by atoms with Gasteiger partial charge in [-0.25, -0.2) is 4.85 Å². The predicted molar refractivity (Wildman–Crippen MR) is 126 cm³/mol. The fourth-order valence-electron chi connectivity index (χ4n) is 3.78. The van der Waals surface area contributed by atoms with Crippen LogP contribution in [0.4, 0.5) is 5.69 Å². The van der Waals surface area contributed by atoms with E-state index < -0.39 is 0 Å². The Balaban J connectivity index is 1.95. The number of unbranched alkanes of at least 4 members (excludes halogenated alkanes) is 1. The average Bonchev–Trinajstić information content (AvgIpc) is 2.78. The van der Waals surface area contributed by atoms with Gasteiger partial charge < -0.3 is 9.64 Å². The Kier molecular flexibility index (Phi) is 11.0. The lowest BCUT2D eigenvalue weighted by Crippen LogP contribution is -2.28. The van der Waals surface area contributed by atoms with Crippen molar-refractivity contribution in [2.24, 2.45) is 0 Å². The van der Waals surface area contributed by atoms with E-state index in [0.717, 1.165) is 25.4 Å². The summed E-state index contributed by atoms with van der Waals surface area (Å²) in [6.07, 6.45) is 4.88. The van der Waals surface area contributed by atoms with Crippen LogP contribution in [0.15, 0.2) is 48.5 Å².